The molecule has 0 aromatic heterocycles. The van der Waals surface area contributed by atoms with E-state index in [0.29, 0.717) is 0 Å². The van der Waals surface area contributed by atoms with Crippen LogP contribution in [0.15, 0.2) is 23.1 Å². The Morgan fingerprint density at radius 2 is 2.07 bits per heavy atom. The topological polar surface area (TPSA) is 9.23 Å². The predicted molar refractivity (Wildman–Crippen MR) is 66.2 cm³/mol. The first-order valence-corrected chi connectivity index (χ1v) is 11.4. The van der Waals surface area contributed by atoms with Gasteiger partial charge >= 0.3 is 107 Å². The van der Waals surface area contributed by atoms with E-state index in [-0.39, 0.29) is 8.81 Å². The molecule has 1 spiro atoms. The van der Waals surface area contributed by atoms with Crippen LogP contribution in [0.1, 0.15) is 25.8 Å². The SMILES string of the molecule is CC1(C)CC2(Oc3c(S)cccc31)[Se][Se]2. The molecule has 0 aliphatic carbocycles. The van der Waals surface area contributed by atoms with Crippen molar-refractivity contribution >= 4 is 38.9 Å². The third kappa shape index (κ3) is 1.67. The molecule has 2 heterocycles. The van der Waals surface area contributed by atoms with E-state index in [1.807, 2.05) is 6.07 Å². The second-order valence-corrected chi connectivity index (χ2v) is 13.6. The van der Waals surface area contributed by atoms with Gasteiger partial charge in [0.15, 0.2) is 0 Å². The van der Waals surface area contributed by atoms with Crippen molar-refractivity contribution in [2.45, 2.75) is 34.0 Å². The van der Waals surface area contributed by atoms with E-state index < -0.39 is 0 Å². The van der Waals surface area contributed by atoms with E-state index in [4.69, 9.17) is 4.74 Å². The van der Waals surface area contributed by atoms with Crippen LogP contribution in [0.3, 0.4) is 0 Å². The van der Waals surface area contributed by atoms with Gasteiger partial charge in [-0.2, -0.15) is 0 Å². The summed E-state index contributed by atoms with van der Waals surface area (Å²) in [7, 11) is 0. The monoisotopic (exact) mass is 352 g/mol. The third-order valence-electron chi connectivity index (χ3n) is 2.91. The fraction of sp³-hybridized carbons (Fsp3) is 0.455. The van der Waals surface area contributed by atoms with Crippen molar-refractivity contribution in [3.05, 3.63) is 23.8 Å². The summed E-state index contributed by atoms with van der Waals surface area (Å²) in [5.41, 5.74) is 1.59. The molecule has 2 aliphatic rings. The molecule has 1 nitrogen and oxygen atoms in total. The zero-order chi connectivity index (χ0) is 10.7. The number of thiol groups is 1. The van der Waals surface area contributed by atoms with Crippen molar-refractivity contribution in [3.63, 3.8) is 0 Å². The van der Waals surface area contributed by atoms with Crippen molar-refractivity contribution in [1.29, 1.82) is 0 Å². The summed E-state index contributed by atoms with van der Waals surface area (Å²) in [6.45, 7) is 4.65. The number of hydrogen-bond donors (Lipinski definition) is 1. The summed E-state index contributed by atoms with van der Waals surface area (Å²) in [5.74, 6) is 1.05. The Kier molecular flexibility index (Phi) is 2.26. The molecular formula is C11H12OSSe2. The summed E-state index contributed by atoms with van der Waals surface area (Å²) >= 11 is 5.99. The molecule has 0 N–H and O–H groups in total. The number of para-hydroxylation sites is 1. The number of rotatable bonds is 0. The Morgan fingerprint density at radius 3 is 2.73 bits per heavy atom. The average Bonchev–Trinajstić information content (AvgIpc) is 2.86. The summed E-state index contributed by atoms with van der Waals surface area (Å²) in [4.78, 5) is 0.998. The number of benzene rings is 1. The first-order valence-electron chi connectivity index (χ1n) is 4.91. The Hall–Kier alpha value is 0.409. The van der Waals surface area contributed by atoms with E-state index in [9.17, 15) is 0 Å². The predicted octanol–water partition coefficient (Wildman–Crippen LogP) is 2.03. The fourth-order valence-corrected chi connectivity index (χ4v) is 7.87. The third-order valence-corrected chi connectivity index (χ3v) is 11.2. The van der Waals surface area contributed by atoms with Crippen LogP contribution in [0, 0.1) is 0 Å². The van der Waals surface area contributed by atoms with Crippen LogP contribution < -0.4 is 4.74 Å². The van der Waals surface area contributed by atoms with Crippen LogP contribution >= 0.6 is 12.6 Å². The molecule has 0 bridgehead atoms. The van der Waals surface area contributed by atoms with Crippen molar-refractivity contribution in [3.8, 4) is 5.75 Å². The van der Waals surface area contributed by atoms with Crippen LogP contribution in [-0.4, -0.2) is 29.7 Å². The van der Waals surface area contributed by atoms with Crippen molar-refractivity contribution in [2.24, 2.45) is 0 Å². The molecule has 0 amide bonds. The molecule has 1 saturated heterocycles. The molecule has 0 saturated carbocycles. The number of hydrogen-bond acceptors (Lipinski definition) is 2. The summed E-state index contributed by atoms with van der Waals surface area (Å²) in [6.07, 6.45) is 1.20. The molecule has 0 atom stereocenters. The minimum atomic E-state index is 0.256. The Labute approximate surface area is 107 Å². The fourth-order valence-electron chi connectivity index (χ4n) is 2.13. The molecule has 0 radical (unpaired) electrons. The van der Waals surface area contributed by atoms with Gasteiger partial charge in [0.05, 0.1) is 0 Å². The molecule has 0 unspecified atom stereocenters. The average molecular weight is 350 g/mol. The van der Waals surface area contributed by atoms with E-state index in [2.05, 4.69) is 38.6 Å². The summed E-state index contributed by atoms with van der Waals surface area (Å²) < 4.78 is 6.45. The van der Waals surface area contributed by atoms with E-state index in [1.54, 1.807) is 0 Å². The molecular weight excluding hydrogens is 338 g/mol. The zero-order valence-electron chi connectivity index (χ0n) is 8.61. The normalized spacial score (nSPS) is 24.5. The maximum atomic E-state index is 6.18. The van der Waals surface area contributed by atoms with Gasteiger partial charge in [0.2, 0.25) is 0 Å². The zero-order valence-corrected chi connectivity index (χ0v) is 12.9. The van der Waals surface area contributed by atoms with E-state index >= 15 is 0 Å². The van der Waals surface area contributed by atoms with Crippen LogP contribution in [0.5, 0.6) is 5.75 Å². The van der Waals surface area contributed by atoms with Gasteiger partial charge in [-0.3, -0.25) is 0 Å². The molecule has 1 aromatic carbocycles. The van der Waals surface area contributed by atoms with Crippen LogP contribution in [0.2, 0.25) is 0 Å². The molecule has 1 fully saturated rings. The Morgan fingerprint density at radius 1 is 1.33 bits per heavy atom. The number of ether oxygens (including phenoxy) is 1. The van der Waals surface area contributed by atoms with E-state index in [1.165, 1.54) is 12.0 Å². The maximum absolute atomic E-state index is 6.18. The van der Waals surface area contributed by atoms with Crippen LogP contribution in [0.25, 0.3) is 0 Å². The Balaban J connectivity index is 2.17. The van der Waals surface area contributed by atoms with Gasteiger partial charge in [-0.05, 0) is 0 Å². The minimum absolute atomic E-state index is 0.256. The molecule has 4 heteroatoms. The first kappa shape index (κ1) is 10.6. The van der Waals surface area contributed by atoms with Crippen LogP contribution in [0.4, 0.5) is 0 Å². The quantitative estimate of drug-likeness (QED) is 0.557. The molecule has 80 valence electrons. The van der Waals surface area contributed by atoms with Crippen LogP contribution in [-0.2, 0) is 5.41 Å². The second-order valence-electron chi connectivity index (χ2n) is 4.67. The van der Waals surface area contributed by atoms with Crippen molar-refractivity contribution in [1.82, 2.24) is 0 Å². The molecule has 2 aliphatic heterocycles. The standard InChI is InChI=1S/C11H12OSSe2/c1-10(2)6-11(14-15-11)12-9-7(10)4-3-5-8(9)13/h3-5,13H,6H2,1-2H3. The summed E-state index contributed by atoms with van der Waals surface area (Å²) in [5, 5.41) is 0. The van der Waals surface area contributed by atoms with Gasteiger partial charge in [-0.25, -0.2) is 0 Å². The molecule has 1 aromatic rings. The number of fused-ring (bicyclic) bond motifs is 1. The van der Waals surface area contributed by atoms with Gasteiger partial charge in [-0.1, -0.05) is 0 Å². The Bertz CT molecular complexity index is 427. The van der Waals surface area contributed by atoms with Gasteiger partial charge in [-0.15, -0.1) is 0 Å². The molecule has 3 rings (SSSR count). The van der Waals surface area contributed by atoms with Crippen molar-refractivity contribution < 1.29 is 4.74 Å². The van der Waals surface area contributed by atoms with Gasteiger partial charge in [0, 0.05) is 0 Å². The summed E-state index contributed by atoms with van der Waals surface area (Å²) in [6, 6.07) is 6.29. The molecule has 15 heavy (non-hydrogen) atoms. The second kappa shape index (κ2) is 3.21. The first-order chi connectivity index (χ1) is 7.03. The van der Waals surface area contributed by atoms with Gasteiger partial charge in [0.1, 0.15) is 0 Å². The van der Waals surface area contributed by atoms with Gasteiger partial charge in [0.25, 0.3) is 0 Å². The van der Waals surface area contributed by atoms with Gasteiger partial charge < -0.3 is 0 Å². The van der Waals surface area contributed by atoms with E-state index in [0.717, 1.165) is 36.9 Å². The van der Waals surface area contributed by atoms with Crippen molar-refractivity contribution in [2.75, 3.05) is 0 Å².